The first-order chi connectivity index (χ1) is 6.66. The molecule has 1 heterocycles. The van der Waals surface area contributed by atoms with Gasteiger partial charge in [0, 0.05) is 20.6 Å². The van der Waals surface area contributed by atoms with Gasteiger partial charge in [0.2, 0.25) is 0 Å². The third-order valence-corrected chi connectivity index (χ3v) is 2.22. The molecule has 0 N–H and O–H groups in total. The summed E-state index contributed by atoms with van der Waals surface area (Å²) in [4.78, 5) is 6.42. The van der Waals surface area contributed by atoms with Crippen LogP contribution in [0.25, 0.3) is 0 Å². The van der Waals surface area contributed by atoms with Crippen LogP contribution in [0.3, 0.4) is 0 Å². The van der Waals surface area contributed by atoms with Crippen LogP contribution in [-0.4, -0.2) is 23.6 Å². The lowest BCUT2D eigenvalue weighted by Crippen LogP contribution is -2.15. The first kappa shape index (κ1) is 10.8. The summed E-state index contributed by atoms with van der Waals surface area (Å²) in [6.45, 7) is 6.77. The average Bonchev–Trinajstić information content (AvgIpc) is 2.47. The van der Waals surface area contributed by atoms with E-state index in [-0.39, 0.29) is 0 Å². The molecule has 0 aromatic carbocycles. The molecule has 0 atom stereocenters. The van der Waals surface area contributed by atoms with Crippen LogP contribution in [0.5, 0.6) is 0 Å². The summed E-state index contributed by atoms with van der Waals surface area (Å²) in [5.74, 6) is 1.20. The number of rotatable bonds is 5. The van der Waals surface area contributed by atoms with Gasteiger partial charge in [-0.1, -0.05) is 6.08 Å². The lowest BCUT2D eigenvalue weighted by molar-refractivity contribution is 0.646. The standard InChI is InChI=1S/C11H19N3/c1-5-6-7-8-14-9-12-10(2)11(14)13(3)4/h5,9H,1,6-8H2,2-4H3. The Balaban J connectivity index is 2.71. The number of nitrogens with zero attached hydrogens (tertiary/aromatic N) is 3. The normalized spacial score (nSPS) is 10.2. The van der Waals surface area contributed by atoms with E-state index in [1.807, 2.05) is 33.4 Å². The number of unbranched alkanes of at least 4 members (excludes halogenated alkanes) is 1. The Morgan fingerprint density at radius 3 is 2.86 bits per heavy atom. The monoisotopic (exact) mass is 193 g/mol. The van der Waals surface area contributed by atoms with Gasteiger partial charge in [0.05, 0.1) is 12.0 Å². The number of anilines is 1. The summed E-state index contributed by atoms with van der Waals surface area (Å²) in [5, 5.41) is 0. The molecule has 0 unspecified atom stereocenters. The fraction of sp³-hybridized carbons (Fsp3) is 0.545. The second-order valence-corrected chi connectivity index (χ2v) is 3.67. The Hall–Kier alpha value is -1.25. The van der Waals surface area contributed by atoms with Crippen molar-refractivity contribution in [2.45, 2.75) is 26.3 Å². The molecule has 0 spiro atoms. The van der Waals surface area contributed by atoms with Crippen molar-refractivity contribution in [3.05, 3.63) is 24.7 Å². The maximum atomic E-state index is 4.31. The zero-order chi connectivity index (χ0) is 10.6. The largest absolute Gasteiger partial charge is 0.363 e. The molecule has 3 nitrogen and oxygen atoms in total. The third-order valence-electron chi connectivity index (χ3n) is 2.22. The number of aryl methyl sites for hydroxylation is 2. The van der Waals surface area contributed by atoms with Crippen molar-refractivity contribution in [3.63, 3.8) is 0 Å². The zero-order valence-corrected chi connectivity index (χ0v) is 9.32. The van der Waals surface area contributed by atoms with Crippen LogP contribution < -0.4 is 4.90 Å². The topological polar surface area (TPSA) is 21.1 Å². The minimum absolute atomic E-state index is 1.01. The van der Waals surface area contributed by atoms with E-state index >= 15 is 0 Å². The molecule has 0 radical (unpaired) electrons. The molecule has 14 heavy (non-hydrogen) atoms. The number of allylic oxidation sites excluding steroid dienone is 1. The lowest BCUT2D eigenvalue weighted by Gasteiger charge is -2.16. The van der Waals surface area contributed by atoms with Gasteiger partial charge < -0.3 is 9.47 Å². The van der Waals surface area contributed by atoms with Crippen molar-refractivity contribution in [2.75, 3.05) is 19.0 Å². The van der Waals surface area contributed by atoms with Gasteiger partial charge in [-0.3, -0.25) is 0 Å². The fourth-order valence-electron chi connectivity index (χ4n) is 1.63. The van der Waals surface area contributed by atoms with Gasteiger partial charge in [-0.2, -0.15) is 0 Å². The Bertz CT molecular complexity index is 299. The summed E-state index contributed by atoms with van der Waals surface area (Å²) in [5.41, 5.74) is 1.09. The van der Waals surface area contributed by atoms with Gasteiger partial charge in [0.1, 0.15) is 5.82 Å². The van der Waals surface area contributed by atoms with Gasteiger partial charge >= 0.3 is 0 Å². The Labute approximate surface area is 86.1 Å². The summed E-state index contributed by atoms with van der Waals surface area (Å²) in [6.07, 6.45) is 6.05. The van der Waals surface area contributed by atoms with Crippen molar-refractivity contribution < 1.29 is 0 Å². The number of hydrogen-bond donors (Lipinski definition) is 0. The molecule has 1 rings (SSSR count). The Kier molecular flexibility index (Phi) is 3.74. The van der Waals surface area contributed by atoms with Crippen LogP contribution in [0.2, 0.25) is 0 Å². The van der Waals surface area contributed by atoms with E-state index in [0.29, 0.717) is 0 Å². The summed E-state index contributed by atoms with van der Waals surface area (Å²) < 4.78 is 2.19. The Morgan fingerprint density at radius 1 is 1.57 bits per heavy atom. The predicted molar refractivity (Wildman–Crippen MR) is 60.7 cm³/mol. The summed E-state index contributed by atoms with van der Waals surface area (Å²) in [6, 6.07) is 0. The highest BCUT2D eigenvalue weighted by atomic mass is 15.2. The van der Waals surface area contributed by atoms with Gasteiger partial charge in [-0.25, -0.2) is 4.98 Å². The highest BCUT2D eigenvalue weighted by molar-refractivity contribution is 5.42. The van der Waals surface area contributed by atoms with Gasteiger partial charge in [-0.05, 0) is 19.8 Å². The van der Waals surface area contributed by atoms with Crippen LogP contribution in [0, 0.1) is 6.92 Å². The van der Waals surface area contributed by atoms with Crippen molar-refractivity contribution in [1.29, 1.82) is 0 Å². The van der Waals surface area contributed by atoms with Crippen molar-refractivity contribution in [2.24, 2.45) is 0 Å². The minimum atomic E-state index is 1.01. The lowest BCUT2D eigenvalue weighted by atomic mass is 10.3. The quantitative estimate of drug-likeness (QED) is 0.528. The molecule has 0 aliphatic heterocycles. The molecule has 3 heteroatoms. The van der Waals surface area contributed by atoms with E-state index in [2.05, 4.69) is 21.0 Å². The van der Waals surface area contributed by atoms with Crippen molar-refractivity contribution >= 4 is 5.82 Å². The van der Waals surface area contributed by atoms with Crippen LogP contribution in [0.4, 0.5) is 5.82 Å². The van der Waals surface area contributed by atoms with Gasteiger partial charge in [0.25, 0.3) is 0 Å². The van der Waals surface area contributed by atoms with E-state index in [1.165, 1.54) is 5.82 Å². The number of aromatic nitrogens is 2. The molecular weight excluding hydrogens is 174 g/mol. The molecule has 1 aromatic heterocycles. The zero-order valence-electron chi connectivity index (χ0n) is 9.32. The summed E-state index contributed by atoms with van der Waals surface area (Å²) >= 11 is 0. The highest BCUT2D eigenvalue weighted by Gasteiger charge is 2.07. The van der Waals surface area contributed by atoms with E-state index in [9.17, 15) is 0 Å². The first-order valence-corrected chi connectivity index (χ1v) is 4.96. The highest BCUT2D eigenvalue weighted by Crippen LogP contribution is 2.16. The van der Waals surface area contributed by atoms with Crippen molar-refractivity contribution in [1.82, 2.24) is 9.55 Å². The molecule has 0 amide bonds. The number of imidazole rings is 1. The smallest absolute Gasteiger partial charge is 0.131 e. The molecular formula is C11H19N3. The maximum Gasteiger partial charge on any atom is 0.131 e. The van der Waals surface area contributed by atoms with Crippen molar-refractivity contribution in [3.8, 4) is 0 Å². The minimum Gasteiger partial charge on any atom is -0.363 e. The Morgan fingerprint density at radius 2 is 2.29 bits per heavy atom. The first-order valence-electron chi connectivity index (χ1n) is 4.96. The molecule has 0 aliphatic carbocycles. The van der Waals surface area contributed by atoms with E-state index < -0.39 is 0 Å². The molecule has 0 saturated carbocycles. The molecule has 0 aliphatic rings. The molecule has 0 bridgehead atoms. The second kappa shape index (κ2) is 4.84. The van der Waals surface area contributed by atoms with Crippen LogP contribution >= 0.6 is 0 Å². The van der Waals surface area contributed by atoms with Crippen LogP contribution in [0.15, 0.2) is 19.0 Å². The summed E-state index contributed by atoms with van der Waals surface area (Å²) in [7, 11) is 4.10. The van der Waals surface area contributed by atoms with E-state index in [0.717, 1.165) is 25.1 Å². The molecule has 78 valence electrons. The van der Waals surface area contributed by atoms with Crippen LogP contribution in [0.1, 0.15) is 18.5 Å². The van der Waals surface area contributed by atoms with E-state index in [1.54, 1.807) is 0 Å². The maximum absolute atomic E-state index is 4.31. The van der Waals surface area contributed by atoms with Crippen LogP contribution in [-0.2, 0) is 6.54 Å². The van der Waals surface area contributed by atoms with E-state index in [4.69, 9.17) is 0 Å². The molecule has 0 saturated heterocycles. The SMILES string of the molecule is C=CCCCn1cnc(C)c1N(C)C. The van der Waals surface area contributed by atoms with Gasteiger partial charge in [0.15, 0.2) is 0 Å². The average molecular weight is 193 g/mol. The third kappa shape index (κ3) is 2.37. The fourth-order valence-corrected chi connectivity index (χ4v) is 1.63. The number of hydrogen-bond acceptors (Lipinski definition) is 2. The second-order valence-electron chi connectivity index (χ2n) is 3.67. The molecule has 1 aromatic rings. The predicted octanol–water partition coefficient (Wildman–Crippen LogP) is 2.22. The van der Waals surface area contributed by atoms with Gasteiger partial charge in [-0.15, -0.1) is 6.58 Å². The molecule has 0 fully saturated rings.